The molecule has 124 valence electrons. The molecular formula is C19H30O3. The normalized spacial score (nSPS) is 57.9. The second-order valence-electron chi connectivity index (χ2n) is 9.14. The van der Waals surface area contributed by atoms with Gasteiger partial charge in [0, 0.05) is 6.42 Å². The lowest BCUT2D eigenvalue weighted by atomic mass is 9.44. The van der Waals surface area contributed by atoms with Crippen molar-refractivity contribution in [2.75, 3.05) is 0 Å². The summed E-state index contributed by atoms with van der Waals surface area (Å²) in [6.45, 7) is 4.43. The Morgan fingerprint density at radius 2 is 1.77 bits per heavy atom. The summed E-state index contributed by atoms with van der Waals surface area (Å²) in [6, 6.07) is 0. The molecular weight excluding hydrogens is 276 g/mol. The summed E-state index contributed by atoms with van der Waals surface area (Å²) in [5, 5.41) is 21.6. The zero-order valence-corrected chi connectivity index (χ0v) is 14.0. The van der Waals surface area contributed by atoms with Gasteiger partial charge in [-0.3, -0.25) is 4.79 Å². The molecule has 4 aliphatic rings. The zero-order valence-electron chi connectivity index (χ0n) is 14.0. The molecule has 0 aliphatic heterocycles. The highest BCUT2D eigenvalue weighted by molar-refractivity contribution is 5.88. The number of ketones is 1. The Kier molecular flexibility index (Phi) is 3.14. The lowest BCUT2D eigenvalue weighted by molar-refractivity contribution is -0.202. The number of Topliss-reactive ketones (excluding diaryl/α,β-unsaturated/α-hetero) is 1. The van der Waals surface area contributed by atoms with Crippen LogP contribution in [0.4, 0.5) is 0 Å². The summed E-state index contributed by atoms with van der Waals surface area (Å²) in [7, 11) is 0. The van der Waals surface area contributed by atoms with Crippen LogP contribution in [0.15, 0.2) is 0 Å². The fraction of sp³-hybridized carbons (Fsp3) is 0.947. The van der Waals surface area contributed by atoms with E-state index in [-0.39, 0.29) is 17.4 Å². The molecule has 3 heteroatoms. The Hall–Kier alpha value is -0.410. The second kappa shape index (κ2) is 4.57. The zero-order chi connectivity index (χ0) is 15.8. The molecule has 0 spiro atoms. The van der Waals surface area contributed by atoms with Crippen molar-refractivity contribution < 1.29 is 15.0 Å². The van der Waals surface area contributed by atoms with E-state index in [2.05, 4.69) is 6.92 Å². The number of carbonyl (C=O) groups excluding carboxylic acids is 1. The van der Waals surface area contributed by atoms with Gasteiger partial charge in [0.2, 0.25) is 0 Å². The SMILES string of the molecule is C[C@]12CC[C@H](O)C[C@@H]1CC[C@@H]1[C@H]2CC[C@]2(C)C(=O)CC[C@@]12O. The molecule has 4 rings (SSSR count). The van der Waals surface area contributed by atoms with Crippen LogP contribution in [0, 0.1) is 28.6 Å². The Morgan fingerprint density at radius 1 is 1.00 bits per heavy atom. The van der Waals surface area contributed by atoms with Crippen molar-refractivity contribution in [2.45, 2.75) is 83.3 Å². The van der Waals surface area contributed by atoms with Crippen LogP contribution < -0.4 is 0 Å². The standard InChI is InChI=1S/C19H30O3/c1-17-8-5-13(20)11-12(17)3-4-15-14(17)6-9-18(2)16(21)7-10-19(15,18)22/h12-15,20,22H,3-11H2,1-2H3/t12-,13-,14+,15+,17-,18+,19+/m0/s1. The molecule has 0 aromatic carbocycles. The van der Waals surface area contributed by atoms with E-state index >= 15 is 0 Å². The lowest BCUT2D eigenvalue weighted by Crippen LogP contribution is -2.62. The van der Waals surface area contributed by atoms with Crippen LogP contribution in [0.5, 0.6) is 0 Å². The van der Waals surface area contributed by atoms with Gasteiger partial charge in [-0.05, 0) is 81.5 Å². The predicted octanol–water partition coefficient (Wildman–Crippen LogP) is 3.07. The van der Waals surface area contributed by atoms with Crippen molar-refractivity contribution in [1.29, 1.82) is 0 Å². The first-order chi connectivity index (χ1) is 10.3. The van der Waals surface area contributed by atoms with Gasteiger partial charge in [0.25, 0.3) is 0 Å². The number of aliphatic hydroxyl groups excluding tert-OH is 1. The monoisotopic (exact) mass is 306 g/mol. The van der Waals surface area contributed by atoms with E-state index in [4.69, 9.17) is 0 Å². The number of aliphatic hydroxyl groups is 2. The number of rotatable bonds is 0. The third-order valence-corrected chi connectivity index (χ3v) is 8.54. The molecule has 3 nitrogen and oxygen atoms in total. The van der Waals surface area contributed by atoms with E-state index < -0.39 is 11.0 Å². The Bertz CT molecular complexity index is 503. The first-order valence-corrected chi connectivity index (χ1v) is 9.25. The molecule has 22 heavy (non-hydrogen) atoms. The van der Waals surface area contributed by atoms with Crippen LogP contribution >= 0.6 is 0 Å². The first kappa shape index (κ1) is 15.1. The van der Waals surface area contributed by atoms with E-state index in [0.717, 1.165) is 44.9 Å². The van der Waals surface area contributed by atoms with Gasteiger partial charge in [-0.2, -0.15) is 0 Å². The molecule has 7 atom stereocenters. The van der Waals surface area contributed by atoms with Gasteiger partial charge in [0.1, 0.15) is 5.78 Å². The van der Waals surface area contributed by atoms with Crippen molar-refractivity contribution in [3.05, 3.63) is 0 Å². The maximum Gasteiger partial charge on any atom is 0.141 e. The highest BCUT2D eigenvalue weighted by atomic mass is 16.3. The third-order valence-electron chi connectivity index (χ3n) is 8.54. The van der Waals surface area contributed by atoms with Gasteiger partial charge in [-0.25, -0.2) is 0 Å². The van der Waals surface area contributed by atoms with Gasteiger partial charge in [0.15, 0.2) is 0 Å². The van der Waals surface area contributed by atoms with Crippen LogP contribution in [-0.2, 0) is 4.79 Å². The molecule has 4 aliphatic carbocycles. The summed E-state index contributed by atoms with van der Waals surface area (Å²) in [5.74, 6) is 1.71. The van der Waals surface area contributed by atoms with E-state index in [0.29, 0.717) is 30.5 Å². The Labute approximate surface area is 133 Å². The second-order valence-corrected chi connectivity index (χ2v) is 9.14. The number of carbonyl (C=O) groups is 1. The molecule has 0 saturated heterocycles. The molecule has 4 saturated carbocycles. The summed E-state index contributed by atoms with van der Waals surface area (Å²) >= 11 is 0. The van der Waals surface area contributed by atoms with Crippen LogP contribution in [0.1, 0.15) is 71.6 Å². The smallest absolute Gasteiger partial charge is 0.141 e. The minimum Gasteiger partial charge on any atom is -0.393 e. The fourth-order valence-corrected chi connectivity index (χ4v) is 6.97. The maximum atomic E-state index is 12.4. The van der Waals surface area contributed by atoms with Crippen LogP contribution in [0.3, 0.4) is 0 Å². The molecule has 2 N–H and O–H groups in total. The number of hydrogen-bond acceptors (Lipinski definition) is 3. The highest BCUT2D eigenvalue weighted by Crippen LogP contribution is 2.66. The lowest BCUT2D eigenvalue weighted by Gasteiger charge is -2.62. The maximum absolute atomic E-state index is 12.4. The molecule has 0 radical (unpaired) electrons. The summed E-state index contributed by atoms with van der Waals surface area (Å²) in [6.07, 6.45) is 8.13. The average molecular weight is 306 g/mol. The topological polar surface area (TPSA) is 57.5 Å². The minimum atomic E-state index is -0.767. The molecule has 4 fully saturated rings. The highest BCUT2D eigenvalue weighted by Gasteiger charge is 2.67. The summed E-state index contributed by atoms with van der Waals surface area (Å²) in [5.41, 5.74) is -1.01. The number of fused-ring (bicyclic) bond motifs is 5. The number of hydrogen-bond donors (Lipinski definition) is 2. The molecule has 0 amide bonds. The Morgan fingerprint density at radius 3 is 2.55 bits per heavy atom. The molecule has 0 heterocycles. The quantitative estimate of drug-likeness (QED) is 0.723. The van der Waals surface area contributed by atoms with Crippen molar-refractivity contribution in [1.82, 2.24) is 0 Å². The van der Waals surface area contributed by atoms with E-state index in [1.807, 2.05) is 6.92 Å². The largest absolute Gasteiger partial charge is 0.393 e. The molecule has 0 aromatic heterocycles. The van der Waals surface area contributed by atoms with Crippen molar-refractivity contribution in [2.24, 2.45) is 28.6 Å². The molecule has 0 bridgehead atoms. The van der Waals surface area contributed by atoms with E-state index in [1.54, 1.807) is 0 Å². The molecule has 0 aromatic rings. The van der Waals surface area contributed by atoms with Gasteiger partial charge in [0.05, 0.1) is 17.1 Å². The minimum absolute atomic E-state index is 0.125. The van der Waals surface area contributed by atoms with Crippen LogP contribution in [0.25, 0.3) is 0 Å². The van der Waals surface area contributed by atoms with Gasteiger partial charge < -0.3 is 10.2 Å². The van der Waals surface area contributed by atoms with Crippen molar-refractivity contribution >= 4 is 5.78 Å². The van der Waals surface area contributed by atoms with Gasteiger partial charge >= 0.3 is 0 Å². The Balaban J connectivity index is 1.69. The van der Waals surface area contributed by atoms with Crippen molar-refractivity contribution in [3.63, 3.8) is 0 Å². The van der Waals surface area contributed by atoms with E-state index in [9.17, 15) is 15.0 Å². The predicted molar refractivity (Wildman–Crippen MR) is 84.2 cm³/mol. The average Bonchev–Trinajstić information content (AvgIpc) is 2.72. The van der Waals surface area contributed by atoms with E-state index in [1.165, 1.54) is 0 Å². The first-order valence-electron chi connectivity index (χ1n) is 9.25. The van der Waals surface area contributed by atoms with Crippen molar-refractivity contribution in [3.8, 4) is 0 Å². The van der Waals surface area contributed by atoms with Gasteiger partial charge in [-0.1, -0.05) is 6.92 Å². The fourth-order valence-electron chi connectivity index (χ4n) is 6.97. The molecule has 0 unspecified atom stereocenters. The summed E-state index contributed by atoms with van der Waals surface area (Å²) in [4.78, 5) is 12.4. The van der Waals surface area contributed by atoms with Crippen LogP contribution in [0.2, 0.25) is 0 Å². The third kappa shape index (κ3) is 1.67. The van der Waals surface area contributed by atoms with Gasteiger partial charge in [-0.15, -0.1) is 0 Å². The van der Waals surface area contributed by atoms with Crippen LogP contribution in [-0.4, -0.2) is 27.7 Å². The summed E-state index contributed by atoms with van der Waals surface area (Å²) < 4.78 is 0.